The molecule has 0 aromatic heterocycles. The quantitative estimate of drug-likeness (QED) is 0.777. The lowest BCUT2D eigenvalue weighted by Gasteiger charge is -2.65. The molecule has 3 atom stereocenters. The molecule has 2 fully saturated rings. The predicted molar refractivity (Wildman–Crippen MR) is 73.7 cm³/mol. The van der Waals surface area contributed by atoms with Gasteiger partial charge in [0.15, 0.2) is 0 Å². The van der Waals surface area contributed by atoms with Gasteiger partial charge in [0.2, 0.25) is 0 Å². The molecular weight excluding hydrogens is 238 g/mol. The van der Waals surface area contributed by atoms with Crippen molar-refractivity contribution in [2.24, 2.45) is 0 Å². The van der Waals surface area contributed by atoms with Crippen LogP contribution in [0.5, 0.6) is 0 Å². The van der Waals surface area contributed by atoms with Gasteiger partial charge in [0.1, 0.15) is 0 Å². The second-order valence-electron chi connectivity index (χ2n) is 6.48. The van der Waals surface area contributed by atoms with Crippen molar-refractivity contribution in [3.8, 4) is 0 Å². The topological polar surface area (TPSA) is 46.5 Å². The highest BCUT2D eigenvalue weighted by Gasteiger charge is 2.61. The Morgan fingerprint density at radius 2 is 1.95 bits per heavy atom. The zero-order valence-corrected chi connectivity index (χ0v) is 11.1. The predicted octanol–water partition coefficient (Wildman–Crippen LogP) is 2.36. The third-order valence-corrected chi connectivity index (χ3v) is 5.84. The van der Waals surface area contributed by atoms with Crippen molar-refractivity contribution in [2.75, 3.05) is 6.54 Å². The number of hydrogen-bond acceptors (Lipinski definition) is 3. The van der Waals surface area contributed by atoms with Crippen molar-refractivity contribution >= 4 is 0 Å². The Hall–Kier alpha value is -0.900. The largest absolute Gasteiger partial charge is 0.785 e. The van der Waals surface area contributed by atoms with Crippen LogP contribution in [0.15, 0.2) is 24.3 Å². The third-order valence-electron chi connectivity index (χ3n) is 5.84. The molecule has 3 nitrogen and oxygen atoms in total. The van der Waals surface area contributed by atoms with E-state index in [2.05, 4.69) is 18.2 Å². The van der Waals surface area contributed by atoms with E-state index in [0.29, 0.717) is 13.0 Å². The fraction of sp³-hybridized carbons (Fsp3) is 0.625. The van der Waals surface area contributed by atoms with Crippen LogP contribution in [0, 0.1) is 5.21 Å². The molecule has 0 amide bonds. The summed E-state index contributed by atoms with van der Waals surface area (Å²) in [5.41, 5.74) is 1.63. The number of nitrogens with zero attached hydrogens (tertiary/aromatic N) is 1. The second-order valence-corrected chi connectivity index (χ2v) is 6.48. The van der Waals surface area contributed by atoms with Crippen LogP contribution in [0.2, 0.25) is 0 Å². The minimum absolute atomic E-state index is 0.161. The standard InChI is InChI=1S/C16H20NO2/c18-16-8-4-3-7-15(16)9-10-17(19)14(16)11-12-5-1-2-6-13(12)15/h1-2,5-6,14,18H,3-4,7-11H2/q-1/t14-,15+,16?/m1/s1. The van der Waals surface area contributed by atoms with Gasteiger partial charge in [0.05, 0.1) is 5.60 Å². The number of benzene rings is 1. The van der Waals surface area contributed by atoms with E-state index in [4.69, 9.17) is 0 Å². The number of fused-ring (bicyclic) bond motifs is 1. The van der Waals surface area contributed by atoms with Crippen molar-refractivity contribution in [1.29, 1.82) is 0 Å². The van der Waals surface area contributed by atoms with Crippen LogP contribution in [0.4, 0.5) is 0 Å². The van der Waals surface area contributed by atoms with Gasteiger partial charge in [-0.25, -0.2) is 0 Å². The first-order valence-electron chi connectivity index (χ1n) is 7.42. The van der Waals surface area contributed by atoms with Gasteiger partial charge < -0.3 is 15.4 Å². The summed E-state index contributed by atoms with van der Waals surface area (Å²) in [7, 11) is 0. The molecule has 1 unspecified atom stereocenters. The second kappa shape index (κ2) is 3.81. The van der Waals surface area contributed by atoms with Crippen LogP contribution in [0.3, 0.4) is 0 Å². The minimum atomic E-state index is -0.806. The highest BCUT2D eigenvalue weighted by molar-refractivity contribution is 5.44. The SMILES string of the molecule is [O-]N1CC[C@]23CCCCC2(O)[C@H]1Cc1ccccc13. The van der Waals surface area contributed by atoms with Gasteiger partial charge in [0.25, 0.3) is 0 Å². The Morgan fingerprint density at radius 3 is 2.84 bits per heavy atom. The van der Waals surface area contributed by atoms with Crippen molar-refractivity contribution in [3.05, 3.63) is 40.6 Å². The van der Waals surface area contributed by atoms with E-state index in [1.807, 2.05) is 6.07 Å². The maximum Gasteiger partial charge on any atom is 0.0893 e. The van der Waals surface area contributed by atoms with Crippen LogP contribution in [0.25, 0.3) is 0 Å². The lowest BCUT2D eigenvalue weighted by Crippen LogP contribution is -2.71. The van der Waals surface area contributed by atoms with Gasteiger partial charge in [-0.05, 0) is 43.4 Å². The number of hydroxylamine groups is 2. The zero-order valence-electron chi connectivity index (χ0n) is 11.1. The molecule has 1 aromatic rings. The summed E-state index contributed by atoms with van der Waals surface area (Å²) in [5.74, 6) is 0. The molecule has 0 radical (unpaired) electrons. The summed E-state index contributed by atoms with van der Waals surface area (Å²) in [5, 5.41) is 24.7. The number of aliphatic hydroxyl groups is 1. The van der Waals surface area contributed by atoms with Crippen molar-refractivity contribution in [2.45, 2.75) is 55.6 Å². The molecule has 3 heteroatoms. The summed E-state index contributed by atoms with van der Waals surface area (Å²) in [6.07, 6.45) is 5.54. The van der Waals surface area contributed by atoms with E-state index < -0.39 is 5.60 Å². The summed E-state index contributed by atoms with van der Waals surface area (Å²) < 4.78 is 0. The zero-order chi connectivity index (χ0) is 13.1. The Labute approximate surface area is 113 Å². The number of rotatable bonds is 0. The number of hydrogen-bond donors (Lipinski definition) is 1. The van der Waals surface area contributed by atoms with E-state index in [0.717, 1.165) is 30.7 Å². The Kier molecular flexibility index (Phi) is 2.39. The molecule has 1 aliphatic heterocycles. The molecule has 0 spiro atoms. The van der Waals surface area contributed by atoms with E-state index >= 15 is 0 Å². The van der Waals surface area contributed by atoms with Gasteiger partial charge >= 0.3 is 0 Å². The molecule has 1 saturated heterocycles. The first-order valence-corrected chi connectivity index (χ1v) is 7.42. The van der Waals surface area contributed by atoms with Crippen LogP contribution in [-0.4, -0.2) is 28.4 Å². The van der Waals surface area contributed by atoms with Gasteiger partial charge in [0, 0.05) is 11.5 Å². The molecule has 2 aliphatic carbocycles. The van der Waals surface area contributed by atoms with Gasteiger partial charge in [-0.15, -0.1) is 0 Å². The molecule has 1 N–H and O–H groups in total. The normalized spacial score (nSPS) is 41.5. The molecular formula is C16H20NO2-. The lowest BCUT2D eigenvalue weighted by atomic mass is 9.50. The molecule has 3 aliphatic rings. The smallest absolute Gasteiger partial charge is 0.0893 e. The average molecular weight is 258 g/mol. The summed E-state index contributed by atoms with van der Waals surface area (Å²) in [6, 6.07) is 8.20. The fourth-order valence-corrected chi connectivity index (χ4v) is 4.95. The fourth-order valence-electron chi connectivity index (χ4n) is 4.95. The van der Waals surface area contributed by atoms with Gasteiger partial charge in [-0.2, -0.15) is 0 Å². The van der Waals surface area contributed by atoms with E-state index in [9.17, 15) is 10.3 Å². The van der Waals surface area contributed by atoms with Crippen LogP contribution >= 0.6 is 0 Å². The van der Waals surface area contributed by atoms with Crippen LogP contribution < -0.4 is 0 Å². The molecule has 19 heavy (non-hydrogen) atoms. The average Bonchev–Trinajstić information content (AvgIpc) is 2.43. The lowest BCUT2D eigenvalue weighted by molar-refractivity contribution is -0.155. The molecule has 102 valence electrons. The number of piperidine rings is 1. The highest BCUT2D eigenvalue weighted by atomic mass is 16.5. The first kappa shape index (κ1) is 11.9. The van der Waals surface area contributed by atoms with E-state index in [-0.39, 0.29) is 11.5 Å². The van der Waals surface area contributed by atoms with Crippen molar-refractivity contribution in [3.63, 3.8) is 0 Å². The van der Waals surface area contributed by atoms with Crippen LogP contribution in [0.1, 0.15) is 43.2 Å². The Morgan fingerprint density at radius 1 is 1.16 bits per heavy atom. The molecule has 1 aromatic carbocycles. The summed E-state index contributed by atoms with van der Waals surface area (Å²) >= 11 is 0. The van der Waals surface area contributed by atoms with E-state index in [1.54, 1.807) is 0 Å². The highest BCUT2D eigenvalue weighted by Crippen LogP contribution is 2.57. The molecule has 1 saturated carbocycles. The van der Waals surface area contributed by atoms with Gasteiger partial charge in [-0.1, -0.05) is 37.1 Å². The third kappa shape index (κ3) is 1.33. The maximum atomic E-state index is 12.2. The van der Waals surface area contributed by atoms with Crippen molar-refractivity contribution < 1.29 is 5.11 Å². The minimum Gasteiger partial charge on any atom is -0.785 e. The van der Waals surface area contributed by atoms with Gasteiger partial charge in [-0.3, -0.25) is 0 Å². The summed E-state index contributed by atoms with van der Waals surface area (Å²) in [6.45, 7) is 0.571. The molecule has 2 bridgehead atoms. The first-order chi connectivity index (χ1) is 9.17. The van der Waals surface area contributed by atoms with Crippen molar-refractivity contribution in [1.82, 2.24) is 5.06 Å². The monoisotopic (exact) mass is 258 g/mol. The Balaban J connectivity index is 1.96. The Bertz CT molecular complexity index is 517. The maximum absolute atomic E-state index is 12.2. The molecule has 4 rings (SSSR count). The van der Waals surface area contributed by atoms with E-state index in [1.165, 1.54) is 17.5 Å². The van der Waals surface area contributed by atoms with Crippen LogP contribution in [-0.2, 0) is 11.8 Å². The molecule has 1 heterocycles. The summed E-state index contributed by atoms with van der Waals surface area (Å²) in [4.78, 5) is 0.